The molecule has 2 heterocycles. The average molecular weight is 260 g/mol. The zero-order valence-corrected chi connectivity index (χ0v) is 10.8. The lowest BCUT2D eigenvalue weighted by Crippen LogP contribution is -2.44. The molecule has 0 saturated carbocycles. The average Bonchev–Trinajstić information content (AvgIpc) is 2.98. The van der Waals surface area contributed by atoms with Gasteiger partial charge in [0.25, 0.3) is 11.8 Å². The van der Waals surface area contributed by atoms with Crippen LogP contribution in [0.5, 0.6) is 0 Å². The van der Waals surface area contributed by atoms with E-state index in [-0.39, 0.29) is 24.0 Å². The molecule has 2 unspecified atom stereocenters. The molecule has 19 heavy (non-hydrogen) atoms. The highest BCUT2D eigenvalue weighted by atomic mass is 16.5. The highest BCUT2D eigenvalue weighted by molar-refractivity contribution is 6.23. The molecule has 2 N–H and O–H groups in total. The van der Waals surface area contributed by atoms with Gasteiger partial charge in [-0.2, -0.15) is 0 Å². The smallest absolute Gasteiger partial charge is 0.263 e. The fourth-order valence-corrected chi connectivity index (χ4v) is 2.85. The van der Waals surface area contributed by atoms with Gasteiger partial charge in [0.05, 0.1) is 23.3 Å². The van der Waals surface area contributed by atoms with E-state index in [1.807, 2.05) is 6.92 Å². The van der Waals surface area contributed by atoms with Crippen LogP contribution in [0.4, 0.5) is 5.69 Å². The van der Waals surface area contributed by atoms with Gasteiger partial charge in [-0.1, -0.05) is 6.07 Å². The molecule has 0 aromatic heterocycles. The first kappa shape index (κ1) is 12.2. The molecule has 0 radical (unpaired) electrons. The maximum absolute atomic E-state index is 12.4. The SMILES string of the molecule is CC(C1CCCO1)N1C(=O)c2cccc(N)c2C1=O. The van der Waals surface area contributed by atoms with E-state index in [0.29, 0.717) is 23.4 Å². The Morgan fingerprint density at radius 1 is 1.37 bits per heavy atom. The molecular formula is C14H16N2O3. The van der Waals surface area contributed by atoms with E-state index in [0.717, 1.165) is 12.8 Å². The van der Waals surface area contributed by atoms with Crippen LogP contribution in [0.25, 0.3) is 0 Å². The number of anilines is 1. The number of imide groups is 1. The first-order valence-corrected chi connectivity index (χ1v) is 6.49. The first-order chi connectivity index (χ1) is 9.11. The number of nitrogens with two attached hydrogens (primary N) is 1. The van der Waals surface area contributed by atoms with E-state index in [9.17, 15) is 9.59 Å². The van der Waals surface area contributed by atoms with Crippen molar-refractivity contribution in [3.63, 3.8) is 0 Å². The quantitative estimate of drug-likeness (QED) is 0.645. The van der Waals surface area contributed by atoms with Gasteiger partial charge >= 0.3 is 0 Å². The molecule has 1 fully saturated rings. The third kappa shape index (κ3) is 1.73. The molecule has 3 rings (SSSR count). The van der Waals surface area contributed by atoms with E-state index in [1.54, 1.807) is 18.2 Å². The Labute approximate surface area is 111 Å². The number of fused-ring (bicyclic) bond motifs is 1. The highest BCUT2D eigenvalue weighted by Gasteiger charge is 2.42. The minimum atomic E-state index is -0.305. The fraction of sp³-hybridized carbons (Fsp3) is 0.429. The predicted octanol–water partition coefficient (Wildman–Crippen LogP) is 1.43. The molecule has 2 atom stereocenters. The van der Waals surface area contributed by atoms with Gasteiger partial charge in [-0.25, -0.2) is 0 Å². The van der Waals surface area contributed by atoms with Crippen LogP contribution in [0.15, 0.2) is 18.2 Å². The van der Waals surface area contributed by atoms with Gasteiger partial charge in [-0.05, 0) is 31.9 Å². The maximum atomic E-state index is 12.4. The molecule has 2 amide bonds. The summed E-state index contributed by atoms with van der Waals surface area (Å²) in [5, 5.41) is 0. The van der Waals surface area contributed by atoms with Crippen molar-refractivity contribution in [2.24, 2.45) is 0 Å². The highest BCUT2D eigenvalue weighted by Crippen LogP contribution is 2.31. The zero-order valence-electron chi connectivity index (χ0n) is 10.8. The summed E-state index contributed by atoms with van der Waals surface area (Å²) in [4.78, 5) is 26.0. The second kappa shape index (κ2) is 4.35. The summed E-state index contributed by atoms with van der Waals surface area (Å²) in [6.45, 7) is 2.55. The van der Waals surface area contributed by atoms with Crippen LogP contribution in [-0.2, 0) is 4.74 Å². The standard InChI is InChI=1S/C14H16N2O3/c1-8(11-6-3-7-19-11)16-13(17)9-4-2-5-10(15)12(9)14(16)18/h2,4-5,8,11H,3,6-7,15H2,1H3. The molecule has 5 nitrogen and oxygen atoms in total. The van der Waals surface area contributed by atoms with Gasteiger partial charge in [0, 0.05) is 12.3 Å². The van der Waals surface area contributed by atoms with E-state index in [2.05, 4.69) is 0 Å². The van der Waals surface area contributed by atoms with Crippen molar-refractivity contribution in [3.05, 3.63) is 29.3 Å². The van der Waals surface area contributed by atoms with Gasteiger partial charge in [0.2, 0.25) is 0 Å². The zero-order chi connectivity index (χ0) is 13.6. The van der Waals surface area contributed by atoms with Crippen molar-refractivity contribution < 1.29 is 14.3 Å². The Kier molecular flexibility index (Phi) is 2.78. The van der Waals surface area contributed by atoms with Gasteiger partial charge in [-0.15, -0.1) is 0 Å². The second-order valence-corrected chi connectivity index (χ2v) is 5.04. The molecule has 0 aliphatic carbocycles. The number of rotatable bonds is 2. The van der Waals surface area contributed by atoms with Gasteiger partial charge in [0.1, 0.15) is 0 Å². The number of hydrogen-bond donors (Lipinski definition) is 1. The van der Waals surface area contributed by atoms with Crippen molar-refractivity contribution in [2.75, 3.05) is 12.3 Å². The number of ether oxygens (including phenoxy) is 1. The van der Waals surface area contributed by atoms with Crippen LogP contribution in [-0.4, -0.2) is 35.5 Å². The summed E-state index contributed by atoms with van der Waals surface area (Å²) in [7, 11) is 0. The second-order valence-electron chi connectivity index (χ2n) is 5.04. The largest absolute Gasteiger partial charge is 0.398 e. The number of carbonyl (C=O) groups is 2. The Bertz CT molecular complexity index is 550. The molecule has 2 aliphatic heterocycles. The van der Waals surface area contributed by atoms with Gasteiger partial charge in [-0.3, -0.25) is 14.5 Å². The van der Waals surface area contributed by atoms with E-state index >= 15 is 0 Å². The minimum Gasteiger partial charge on any atom is -0.398 e. The summed E-state index contributed by atoms with van der Waals surface area (Å²) in [6, 6.07) is 4.73. The number of benzene rings is 1. The van der Waals surface area contributed by atoms with Crippen LogP contribution < -0.4 is 5.73 Å². The molecule has 100 valence electrons. The molecule has 2 aliphatic rings. The fourth-order valence-electron chi connectivity index (χ4n) is 2.85. The molecule has 1 saturated heterocycles. The third-order valence-electron chi connectivity index (χ3n) is 3.89. The van der Waals surface area contributed by atoms with Crippen molar-refractivity contribution in [1.29, 1.82) is 0 Å². The maximum Gasteiger partial charge on any atom is 0.263 e. The number of amides is 2. The molecule has 5 heteroatoms. The molecule has 0 spiro atoms. The lowest BCUT2D eigenvalue weighted by atomic mass is 10.1. The lowest BCUT2D eigenvalue weighted by molar-refractivity contribution is 0.0271. The summed E-state index contributed by atoms with van der Waals surface area (Å²) < 4.78 is 5.58. The number of nitrogens with zero attached hydrogens (tertiary/aromatic N) is 1. The van der Waals surface area contributed by atoms with E-state index in [4.69, 9.17) is 10.5 Å². The predicted molar refractivity (Wildman–Crippen MR) is 69.8 cm³/mol. The van der Waals surface area contributed by atoms with Crippen molar-refractivity contribution in [2.45, 2.75) is 31.9 Å². The number of carbonyl (C=O) groups excluding carboxylic acids is 2. The van der Waals surface area contributed by atoms with Gasteiger partial charge < -0.3 is 10.5 Å². The Hall–Kier alpha value is -1.88. The normalized spacial score (nSPS) is 23.8. The molecule has 1 aromatic carbocycles. The summed E-state index contributed by atoms with van der Waals surface area (Å²) in [5.74, 6) is -0.573. The minimum absolute atomic E-state index is 0.0663. The van der Waals surface area contributed by atoms with Crippen LogP contribution in [0.2, 0.25) is 0 Å². The molecular weight excluding hydrogens is 244 g/mol. The van der Waals surface area contributed by atoms with E-state index < -0.39 is 0 Å². The topological polar surface area (TPSA) is 72.6 Å². The van der Waals surface area contributed by atoms with Gasteiger partial charge in [0.15, 0.2) is 0 Å². The first-order valence-electron chi connectivity index (χ1n) is 6.49. The Morgan fingerprint density at radius 2 is 2.16 bits per heavy atom. The van der Waals surface area contributed by atoms with Crippen LogP contribution in [0.3, 0.4) is 0 Å². The molecule has 0 bridgehead atoms. The van der Waals surface area contributed by atoms with Crippen LogP contribution in [0.1, 0.15) is 40.5 Å². The Balaban J connectivity index is 1.96. The van der Waals surface area contributed by atoms with Crippen LogP contribution >= 0.6 is 0 Å². The summed E-state index contributed by atoms with van der Waals surface area (Å²) in [6.07, 6.45) is 1.79. The number of hydrogen-bond acceptors (Lipinski definition) is 4. The van der Waals surface area contributed by atoms with E-state index in [1.165, 1.54) is 4.90 Å². The summed E-state index contributed by atoms with van der Waals surface area (Å²) in [5.41, 5.74) is 6.90. The molecule has 1 aromatic rings. The monoisotopic (exact) mass is 260 g/mol. The lowest BCUT2D eigenvalue weighted by Gasteiger charge is -2.27. The van der Waals surface area contributed by atoms with Crippen molar-refractivity contribution in [1.82, 2.24) is 4.90 Å². The van der Waals surface area contributed by atoms with Crippen molar-refractivity contribution >= 4 is 17.5 Å². The Morgan fingerprint density at radius 3 is 2.79 bits per heavy atom. The third-order valence-corrected chi connectivity index (χ3v) is 3.89. The summed E-state index contributed by atoms with van der Waals surface area (Å²) >= 11 is 0. The number of nitrogen functional groups attached to an aromatic ring is 1. The van der Waals surface area contributed by atoms with Crippen molar-refractivity contribution in [3.8, 4) is 0 Å². The van der Waals surface area contributed by atoms with Crippen LogP contribution in [0, 0.1) is 0 Å².